The molecule has 3 rings (SSSR count). The van der Waals surface area contributed by atoms with E-state index < -0.39 is 0 Å². The quantitative estimate of drug-likeness (QED) is 0.816. The Morgan fingerprint density at radius 3 is 2.33 bits per heavy atom. The van der Waals surface area contributed by atoms with Crippen LogP contribution in [0.5, 0.6) is 0 Å². The zero-order valence-electron chi connectivity index (χ0n) is 12.1. The number of fused-ring (bicyclic) bond motifs is 1. The smallest absolute Gasteiger partial charge is 0.0468 e. The first-order chi connectivity index (χ1) is 10.2. The fraction of sp³-hybridized carbons (Fsp3) is 0.333. The molecule has 0 radical (unpaired) electrons. The van der Waals surface area contributed by atoms with Crippen molar-refractivity contribution in [2.24, 2.45) is 0 Å². The second-order valence-corrected chi connectivity index (χ2v) is 6.51. The lowest BCUT2D eigenvalue weighted by Crippen LogP contribution is -2.33. The normalized spacial score (nSPS) is 16.0. The van der Waals surface area contributed by atoms with E-state index in [0.29, 0.717) is 11.1 Å². The standard InChI is InChI=1S/C18H19Cl2N/c1-2-18(16-8-7-14(19)11-17(16)20)21-15-9-12-5-3-4-6-13(12)10-15/h3-8,11,15,18,21H,2,9-10H2,1H3. The number of hydrogen-bond acceptors (Lipinski definition) is 1. The zero-order chi connectivity index (χ0) is 14.8. The minimum absolute atomic E-state index is 0.272. The molecule has 0 aliphatic heterocycles. The molecular weight excluding hydrogens is 301 g/mol. The zero-order valence-corrected chi connectivity index (χ0v) is 13.6. The van der Waals surface area contributed by atoms with E-state index in [9.17, 15) is 0 Å². The van der Waals surface area contributed by atoms with E-state index in [0.717, 1.165) is 29.8 Å². The van der Waals surface area contributed by atoms with Crippen LogP contribution in [-0.2, 0) is 12.8 Å². The van der Waals surface area contributed by atoms with E-state index >= 15 is 0 Å². The maximum atomic E-state index is 6.35. The number of rotatable bonds is 4. The van der Waals surface area contributed by atoms with Crippen molar-refractivity contribution in [2.75, 3.05) is 0 Å². The van der Waals surface area contributed by atoms with Crippen LogP contribution in [0.25, 0.3) is 0 Å². The van der Waals surface area contributed by atoms with Gasteiger partial charge >= 0.3 is 0 Å². The summed E-state index contributed by atoms with van der Waals surface area (Å²) in [7, 11) is 0. The largest absolute Gasteiger partial charge is 0.306 e. The number of benzene rings is 2. The molecule has 1 aliphatic rings. The molecule has 0 amide bonds. The van der Waals surface area contributed by atoms with Crippen molar-refractivity contribution in [1.82, 2.24) is 5.32 Å². The summed E-state index contributed by atoms with van der Waals surface area (Å²) in [5, 5.41) is 5.20. The van der Waals surface area contributed by atoms with Crippen molar-refractivity contribution in [1.29, 1.82) is 0 Å². The van der Waals surface area contributed by atoms with E-state index in [1.165, 1.54) is 11.1 Å². The van der Waals surface area contributed by atoms with Gasteiger partial charge in [0.1, 0.15) is 0 Å². The molecule has 2 aromatic rings. The monoisotopic (exact) mass is 319 g/mol. The SMILES string of the molecule is CCC(NC1Cc2ccccc2C1)c1ccc(Cl)cc1Cl. The van der Waals surface area contributed by atoms with Crippen molar-refractivity contribution in [3.63, 3.8) is 0 Å². The predicted octanol–water partition coefficient (Wildman–Crippen LogP) is 5.20. The Balaban J connectivity index is 1.74. The maximum Gasteiger partial charge on any atom is 0.0468 e. The van der Waals surface area contributed by atoms with Crippen LogP contribution in [0.4, 0.5) is 0 Å². The Labute approximate surface area is 136 Å². The minimum atomic E-state index is 0.272. The average Bonchev–Trinajstić information content (AvgIpc) is 2.87. The van der Waals surface area contributed by atoms with Gasteiger partial charge < -0.3 is 5.32 Å². The molecule has 1 atom stereocenters. The second-order valence-electron chi connectivity index (χ2n) is 5.67. The van der Waals surface area contributed by atoms with Crippen molar-refractivity contribution < 1.29 is 0 Å². The molecular formula is C18H19Cl2N. The fourth-order valence-corrected chi connectivity index (χ4v) is 3.71. The third kappa shape index (κ3) is 3.26. The van der Waals surface area contributed by atoms with E-state index in [4.69, 9.17) is 23.2 Å². The summed E-state index contributed by atoms with van der Waals surface area (Å²) in [4.78, 5) is 0. The highest BCUT2D eigenvalue weighted by atomic mass is 35.5. The Kier molecular flexibility index (Phi) is 4.54. The molecule has 0 saturated heterocycles. The maximum absolute atomic E-state index is 6.35. The van der Waals surface area contributed by atoms with Crippen molar-refractivity contribution in [2.45, 2.75) is 38.3 Å². The lowest BCUT2D eigenvalue weighted by Gasteiger charge is -2.23. The minimum Gasteiger partial charge on any atom is -0.306 e. The molecule has 0 fully saturated rings. The molecule has 2 aromatic carbocycles. The van der Waals surface area contributed by atoms with Gasteiger partial charge in [0, 0.05) is 22.1 Å². The van der Waals surface area contributed by atoms with Gasteiger partial charge in [0.05, 0.1) is 0 Å². The van der Waals surface area contributed by atoms with Crippen molar-refractivity contribution in [3.05, 3.63) is 69.2 Å². The van der Waals surface area contributed by atoms with Gasteiger partial charge in [-0.15, -0.1) is 0 Å². The number of halogens is 2. The highest BCUT2D eigenvalue weighted by Gasteiger charge is 2.24. The molecule has 110 valence electrons. The van der Waals surface area contributed by atoms with Crippen LogP contribution in [0, 0.1) is 0 Å². The molecule has 0 saturated carbocycles. The number of nitrogens with one attached hydrogen (secondary N) is 1. The van der Waals surface area contributed by atoms with Crippen LogP contribution >= 0.6 is 23.2 Å². The average molecular weight is 320 g/mol. The van der Waals surface area contributed by atoms with E-state index in [2.05, 4.69) is 36.5 Å². The molecule has 1 unspecified atom stereocenters. The van der Waals surface area contributed by atoms with E-state index in [1.807, 2.05) is 18.2 Å². The Morgan fingerprint density at radius 2 is 1.76 bits per heavy atom. The van der Waals surface area contributed by atoms with Crippen LogP contribution in [0.2, 0.25) is 10.0 Å². The molecule has 3 heteroatoms. The highest BCUT2D eigenvalue weighted by Crippen LogP contribution is 2.30. The molecule has 0 aromatic heterocycles. The van der Waals surface area contributed by atoms with Gasteiger partial charge in [0.15, 0.2) is 0 Å². The van der Waals surface area contributed by atoms with Crippen LogP contribution in [-0.4, -0.2) is 6.04 Å². The lowest BCUT2D eigenvalue weighted by molar-refractivity contribution is 0.435. The first kappa shape index (κ1) is 14.9. The van der Waals surface area contributed by atoms with Crippen LogP contribution < -0.4 is 5.32 Å². The summed E-state index contributed by atoms with van der Waals surface area (Å²) in [6, 6.07) is 15.2. The molecule has 1 N–H and O–H groups in total. The lowest BCUT2D eigenvalue weighted by atomic mass is 10.0. The van der Waals surface area contributed by atoms with Gasteiger partial charge in [-0.05, 0) is 48.1 Å². The Bertz CT molecular complexity index is 614. The summed E-state index contributed by atoms with van der Waals surface area (Å²) >= 11 is 12.3. The fourth-order valence-electron chi connectivity index (χ4n) is 3.17. The van der Waals surface area contributed by atoms with Crippen molar-refractivity contribution in [3.8, 4) is 0 Å². The summed E-state index contributed by atoms with van der Waals surface area (Å²) in [5.41, 5.74) is 4.07. The Hall–Kier alpha value is -1.02. The first-order valence-corrected chi connectivity index (χ1v) is 8.20. The van der Waals surface area contributed by atoms with Gasteiger partial charge in [-0.25, -0.2) is 0 Å². The number of hydrogen-bond donors (Lipinski definition) is 1. The van der Waals surface area contributed by atoms with Gasteiger partial charge in [0.2, 0.25) is 0 Å². The first-order valence-electron chi connectivity index (χ1n) is 7.45. The Morgan fingerprint density at radius 1 is 1.10 bits per heavy atom. The molecule has 0 heterocycles. The van der Waals surface area contributed by atoms with Crippen LogP contribution in [0.3, 0.4) is 0 Å². The van der Waals surface area contributed by atoms with Crippen LogP contribution in [0.1, 0.15) is 36.1 Å². The highest BCUT2D eigenvalue weighted by molar-refractivity contribution is 6.35. The summed E-state index contributed by atoms with van der Waals surface area (Å²) in [6.45, 7) is 2.19. The van der Waals surface area contributed by atoms with Gasteiger partial charge in [0.25, 0.3) is 0 Å². The third-order valence-electron chi connectivity index (χ3n) is 4.23. The van der Waals surface area contributed by atoms with Gasteiger partial charge in [-0.1, -0.05) is 60.5 Å². The van der Waals surface area contributed by atoms with Crippen molar-refractivity contribution >= 4 is 23.2 Å². The molecule has 21 heavy (non-hydrogen) atoms. The molecule has 1 nitrogen and oxygen atoms in total. The summed E-state index contributed by atoms with van der Waals surface area (Å²) in [5.74, 6) is 0. The van der Waals surface area contributed by atoms with Crippen LogP contribution in [0.15, 0.2) is 42.5 Å². The van der Waals surface area contributed by atoms with Gasteiger partial charge in [-0.3, -0.25) is 0 Å². The summed E-state index contributed by atoms with van der Waals surface area (Å²) in [6.07, 6.45) is 3.20. The van der Waals surface area contributed by atoms with Gasteiger partial charge in [-0.2, -0.15) is 0 Å². The topological polar surface area (TPSA) is 12.0 Å². The predicted molar refractivity (Wildman–Crippen MR) is 90.3 cm³/mol. The van der Waals surface area contributed by atoms with E-state index in [-0.39, 0.29) is 6.04 Å². The third-order valence-corrected chi connectivity index (χ3v) is 4.80. The molecule has 0 bridgehead atoms. The molecule has 1 aliphatic carbocycles. The molecule has 0 spiro atoms. The second kappa shape index (κ2) is 6.39. The summed E-state index contributed by atoms with van der Waals surface area (Å²) < 4.78 is 0. The van der Waals surface area contributed by atoms with E-state index in [1.54, 1.807) is 0 Å².